The van der Waals surface area contributed by atoms with Crippen molar-refractivity contribution < 1.29 is 14.1 Å². The van der Waals surface area contributed by atoms with E-state index in [9.17, 15) is 9.36 Å². The van der Waals surface area contributed by atoms with E-state index >= 15 is 0 Å². The molecular weight excluding hydrogens is 211 g/mol. The Bertz CT molecular complexity index is 410. The first-order valence-electron chi connectivity index (χ1n) is 3.17. The van der Waals surface area contributed by atoms with Gasteiger partial charge in [0.1, 0.15) is 0 Å². The number of hydrogen-bond donors (Lipinski definition) is 1. The van der Waals surface area contributed by atoms with Crippen LogP contribution >= 0.6 is 19.3 Å². The van der Waals surface area contributed by atoms with Crippen molar-refractivity contribution in [2.45, 2.75) is 0 Å². The van der Waals surface area contributed by atoms with Gasteiger partial charge in [0.25, 0.3) is 0 Å². The third kappa shape index (κ3) is 3.03. The fourth-order valence-corrected chi connectivity index (χ4v) is 1.23. The van der Waals surface area contributed by atoms with Crippen LogP contribution in [0.1, 0.15) is 10.5 Å². The number of esters is 1. The summed E-state index contributed by atoms with van der Waals surface area (Å²) < 4.78 is 14.5. The van der Waals surface area contributed by atoms with Crippen LogP contribution in [0.5, 0.6) is 0 Å². The third-order valence-corrected chi connectivity index (χ3v) is 2.00. The van der Waals surface area contributed by atoms with Gasteiger partial charge in [-0.05, 0) is 0 Å². The van der Waals surface area contributed by atoms with Gasteiger partial charge in [-0.15, -0.1) is 0 Å². The summed E-state index contributed by atoms with van der Waals surface area (Å²) in [7, 11) is -0.288. The second-order valence-electron chi connectivity index (χ2n) is 1.90. The van der Waals surface area contributed by atoms with Gasteiger partial charge in [-0.2, -0.15) is 0 Å². The Morgan fingerprint density at radius 2 is 2.62 bits per heavy atom. The van der Waals surface area contributed by atoms with Crippen LogP contribution in [0.3, 0.4) is 0 Å². The summed E-state index contributed by atoms with van der Waals surface area (Å²) in [5.74, 6) is -0.593. The standard InChI is InChI=1S/C6H5N2O3PS/c7-6-8-4(3-13-6)5(9)11-1-2-12-10/h3H,1H2,(H2,7,8). The molecule has 0 saturated carbocycles. The molecule has 0 spiro atoms. The second kappa shape index (κ2) is 4.82. The summed E-state index contributed by atoms with van der Waals surface area (Å²) in [5.41, 5.74) is 7.74. The molecular formula is C6H5N2O3PS. The Morgan fingerprint density at radius 3 is 3.15 bits per heavy atom. The minimum absolute atomic E-state index is 0.124. The molecule has 13 heavy (non-hydrogen) atoms. The van der Waals surface area contributed by atoms with Crippen molar-refractivity contribution in [2.75, 3.05) is 12.3 Å². The van der Waals surface area contributed by atoms with Crippen LogP contribution in [0, 0.1) is 5.63 Å². The Labute approximate surface area is 79.0 Å². The van der Waals surface area contributed by atoms with Crippen LogP contribution in [-0.4, -0.2) is 17.6 Å². The predicted octanol–water partition coefficient (Wildman–Crippen LogP) is 1.13. The zero-order valence-electron chi connectivity index (χ0n) is 6.39. The topological polar surface area (TPSA) is 82.3 Å². The molecule has 0 unspecified atom stereocenters. The third-order valence-electron chi connectivity index (χ3n) is 1.06. The number of thiazole rings is 1. The van der Waals surface area contributed by atoms with E-state index in [1.165, 1.54) is 5.38 Å². The molecule has 68 valence electrons. The minimum atomic E-state index is -0.593. The molecule has 7 heteroatoms. The molecule has 1 heterocycles. The fourth-order valence-electron chi connectivity index (χ4n) is 0.579. The monoisotopic (exact) mass is 216 g/mol. The van der Waals surface area contributed by atoms with Crippen molar-refractivity contribution in [3.8, 4) is 5.63 Å². The van der Waals surface area contributed by atoms with Crippen LogP contribution in [0.15, 0.2) is 5.38 Å². The van der Waals surface area contributed by atoms with Crippen LogP contribution < -0.4 is 5.73 Å². The van der Waals surface area contributed by atoms with E-state index in [-0.39, 0.29) is 20.2 Å². The number of rotatable bonds is 2. The molecule has 0 fully saturated rings. The number of hydrogen-bond acceptors (Lipinski definition) is 6. The first kappa shape index (κ1) is 9.99. The number of carbonyl (C=O) groups is 1. The fraction of sp³-hybridized carbons (Fsp3) is 0.167. The molecule has 0 atom stereocenters. The molecule has 1 aromatic heterocycles. The van der Waals surface area contributed by atoms with Gasteiger partial charge < -0.3 is 0 Å². The summed E-state index contributed by atoms with van der Waals surface area (Å²) in [6, 6.07) is 0. The molecule has 5 nitrogen and oxygen atoms in total. The first-order chi connectivity index (χ1) is 6.24. The van der Waals surface area contributed by atoms with E-state index in [1.54, 1.807) is 0 Å². The van der Waals surface area contributed by atoms with Crippen LogP contribution in [-0.2, 0) is 9.30 Å². The van der Waals surface area contributed by atoms with Crippen molar-refractivity contribution in [1.29, 1.82) is 0 Å². The summed E-state index contributed by atoms with van der Waals surface area (Å²) >= 11 is 1.15. The molecule has 0 saturated heterocycles. The number of nitrogens with two attached hydrogens (primary N) is 1. The zero-order chi connectivity index (χ0) is 9.68. The van der Waals surface area contributed by atoms with Crippen molar-refractivity contribution in [1.82, 2.24) is 4.98 Å². The average molecular weight is 216 g/mol. The Morgan fingerprint density at radius 1 is 1.85 bits per heavy atom. The predicted molar refractivity (Wildman–Crippen MR) is 48.3 cm³/mol. The molecule has 2 N–H and O–H groups in total. The molecule has 0 aliphatic heterocycles. The van der Waals surface area contributed by atoms with Gasteiger partial charge in [-0.3, -0.25) is 0 Å². The zero-order valence-corrected chi connectivity index (χ0v) is 8.10. The van der Waals surface area contributed by atoms with Crippen molar-refractivity contribution in [2.24, 2.45) is 0 Å². The molecule has 0 amide bonds. The van der Waals surface area contributed by atoms with Gasteiger partial charge in [0.2, 0.25) is 0 Å². The number of anilines is 1. The van der Waals surface area contributed by atoms with E-state index in [2.05, 4.69) is 15.3 Å². The molecule has 0 aliphatic carbocycles. The SMILES string of the molecule is Nc1nc(C(=O)OCC#P=O)cs1. The average Bonchev–Trinajstić information content (AvgIpc) is 2.52. The number of aromatic nitrogens is 1. The molecule has 0 bridgehead atoms. The Kier molecular flexibility index (Phi) is 3.71. The molecule has 1 aromatic rings. The summed E-state index contributed by atoms with van der Waals surface area (Å²) in [6.45, 7) is -0.124. The van der Waals surface area contributed by atoms with Crippen molar-refractivity contribution in [3.05, 3.63) is 11.1 Å². The van der Waals surface area contributed by atoms with E-state index in [4.69, 9.17) is 5.73 Å². The first-order valence-corrected chi connectivity index (χ1v) is 4.86. The molecule has 0 radical (unpaired) electrons. The maximum absolute atomic E-state index is 11.1. The number of nitrogens with zero attached hydrogens (tertiary/aromatic N) is 1. The summed E-state index contributed by atoms with van der Waals surface area (Å²) in [4.78, 5) is 14.8. The van der Waals surface area contributed by atoms with E-state index in [0.29, 0.717) is 5.13 Å². The Hall–Kier alpha value is -1.09. The second-order valence-corrected chi connectivity index (χ2v) is 3.29. The van der Waals surface area contributed by atoms with Crippen LogP contribution in [0.2, 0.25) is 0 Å². The van der Waals surface area contributed by atoms with Gasteiger partial charge in [0.05, 0.1) is 0 Å². The van der Waals surface area contributed by atoms with Crippen LogP contribution in [0.25, 0.3) is 0 Å². The van der Waals surface area contributed by atoms with Gasteiger partial charge in [0, 0.05) is 0 Å². The molecule has 0 aromatic carbocycles. The van der Waals surface area contributed by atoms with E-state index in [1.807, 2.05) is 0 Å². The number of carbonyl (C=O) groups excluding carboxylic acids is 1. The van der Waals surface area contributed by atoms with Gasteiger partial charge in [-0.25, -0.2) is 0 Å². The number of nitrogen functional groups attached to an aromatic ring is 1. The van der Waals surface area contributed by atoms with Crippen molar-refractivity contribution in [3.63, 3.8) is 0 Å². The van der Waals surface area contributed by atoms with E-state index in [0.717, 1.165) is 11.3 Å². The normalized spacial score (nSPS) is 8.92. The van der Waals surface area contributed by atoms with Crippen LogP contribution in [0.4, 0.5) is 5.13 Å². The molecule has 0 aliphatic rings. The number of ether oxygens (including phenoxy) is 1. The van der Waals surface area contributed by atoms with Crippen molar-refractivity contribution >= 4 is 30.4 Å². The van der Waals surface area contributed by atoms with E-state index < -0.39 is 5.97 Å². The summed E-state index contributed by atoms with van der Waals surface area (Å²) in [6.07, 6.45) is 0. The van der Waals surface area contributed by atoms with Gasteiger partial charge in [-0.1, -0.05) is 0 Å². The Balaban J connectivity index is 2.57. The quantitative estimate of drug-likeness (QED) is 0.591. The summed E-state index contributed by atoms with van der Waals surface area (Å²) in [5, 5.41) is 1.80. The maximum atomic E-state index is 11.1. The molecule has 1 rings (SSSR count). The van der Waals surface area contributed by atoms with Gasteiger partial charge in [0.15, 0.2) is 0 Å². The van der Waals surface area contributed by atoms with Gasteiger partial charge >= 0.3 is 78.5 Å².